The highest BCUT2D eigenvalue weighted by atomic mass is 35.5. The minimum Gasteiger partial charge on any atom is -0.307 e. The molecule has 1 aromatic carbocycles. The summed E-state index contributed by atoms with van der Waals surface area (Å²) in [4.78, 5) is 2.60. The van der Waals surface area contributed by atoms with Crippen LogP contribution in [0.25, 0.3) is 0 Å². The molecule has 1 heterocycles. The van der Waals surface area contributed by atoms with Crippen molar-refractivity contribution in [3.8, 4) is 0 Å². The molecule has 118 valence electrons. The Morgan fingerprint density at radius 2 is 1.81 bits per heavy atom. The van der Waals surface area contributed by atoms with Gasteiger partial charge in [-0.3, -0.25) is 0 Å². The average Bonchev–Trinajstić information content (AvgIpc) is 2.49. The maximum absolute atomic E-state index is 5.96. The first-order valence-electron chi connectivity index (χ1n) is 8.34. The van der Waals surface area contributed by atoms with E-state index in [2.05, 4.69) is 43.1 Å². The van der Waals surface area contributed by atoms with Crippen LogP contribution >= 0.6 is 11.6 Å². The van der Waals surface area contributed by atoms with Crippen molar-refractivity contribution in [2.24, 2.45) is 5.92 Å². The number of hydrogen-bond acceptors (Lipinski definition) is 2. The van der Waals surface area contributed by atoms with Gasteiger partial charge in [-0.25, -0.2) is 0 Å². The van der Waals surface area contributed by atoms with Gasteiger partial charge in [0.25, 0.3) is 0 Å². The van der Waals surface area contributed by atoms with Crippen LogP contribution in [0.3, 0.4) is 0 Å². The van der Waals surface area contributed by atoms with Crippen molar-refractivity contribution in [2.45, 2.75) is 52.1 Å². The summed E-state index contributed by atoms with van der Waals surface area (Å²) in [5, 5.41) is 4.58. The second-order valence-corrected chi connectivity index (χ2v) is 6.84. The quantitative estimate of drug-likeness (QED) is 0.832. The summed E-state index contributed by atoms with van der Waals surface area (Å²) in [6.07, 6.45) is 3.91. The van der Waals surface area contributed by atoms with Gasteiger partial charge in [0.15, 0.2) is 0 Å². The van der Waals surface area contributed by atoms with Gasteiger partial charge in [0.1, 0.15) is 0 Å². The second-order valence-electron chi connectivity index (χ2n) is 6.41. The normalized spacial score (nSPS) is 20.4. The number of nitrogens with zero attached hydrogens (tertiary/aromatic N) is 1. The van der Waals surface area contributed by atoms with E-state index in [1.165, 1.54) is 44.5 Å². The van der Waals surface area contributed by atoms with Gasteiger partial charge in [0.05, 0.1) is 0 Å². The summed E-state index contributed by atoms with van der Waals surface area (Å²) in [6.45, 7) is 10.6. The summed E-state index contributed by atoms with van der Waals surface area (Å²) < 4.78 is 0. The summed E-state index contributed by atoms with van der Waals surface area (Å²) in [6, 6.07) is 9.14. The van der Waals surface area contributed by atoms with E-state index >= 15 is 0 Å². The van der Waals surface area contributed by atoms with Crippen molar-refractivity contribution in [2.75, 3.05) is 19.6 Å². The fourth-order valence-electron chi connectivity index (χ4n) is 3.37. The lowest BCUT2D eigenvalue weighted by atomic mass is 9.89. The summed E-state index contributed by atoms with van der Waals surface area (Å²) in [7, 11) is 0. The summed E-state index contributed by atoms with van der Waals surface area (Å²) in [5.74, 6) is 0.799. The summed E-state index contributed by atoms with van der Waals surface area (Å²) in [5.41, 5.74) is 1.31. The van der Waals surface area contributed by atoms with E-state index in [0.29, 0.717) is 12.1 Å². The molecule has 0 aromatic heterocycles. The fourth-order valence-corrected chi connectivity index (χ4v) is 3.50. The van der Waals surface area contributed by atoms with Crippen LogP contribution in [-0.4, -0.2) is 30.6 Å². The molecule has 2 atom stereocenters. The monoisotopic (exact) mass is 308 g/mol. The van der Waals surface area contributed by atoms with E-state index in [4.69, 9.17) is 11.6 Å². The number of halogens is 1. The summed E-state index contributed by atoms with van der Waals surface area (Å²) >= 11 is 5.96. The number of rotatable bonds is 6. The van der Waals surface area contributed by atoms with Crippen LogP contribution < -0.4 is 5.32 Å². The molecular weight excluding hydrogens is 280 g/mol. The van der Waals surface area contributed by atoms with Gasteiger partial charge in [0.2, 0.25) is 0 Å². The third-order valence-electron chi connectivity index (χ3n) is 4.76. The van der Waals surface area contributed by atoms with Crippen LogP contribution in [0.2, 0.25) is 5.02 Å². The van der Waals surface area contributed by atoms with Crippen LogP contribution in [0.15, 0.2) is 24.3 Å². The van der Waals surface area contributed by atoms with Gasteiger partial charge < -0.3 is 10.2 Å². The van der Waals surface area contributed by atoms with Gasteiger partial charge in [-0.1, -0.05) is 30.7 Å². The number of piperidine rings is 1. The van der Waals surface area contributed by atoms with Gasteiger partial charge in [-0.05, 0) is 76.4 Å². The van der Waals surface area contributed by atoms with E-state index in [9.17, 15) is 0 Å². The first kappa shape index (κ1) is 16.8. The molecule has 0 saturated carbocycles. The molecule has 3 heteroatoms. The Labute approximate surface area is 134 Å². The van der Waals surface area contributed by atoms with E-state index in [0.717, 1.165) is 10.9 Å². The molecule has 0 spiro atoms. The van der Waals surface area contributed by atoms with Crippen molar-refractivity contribution in [3.63, 3.8) is 0 Å². The molecule has 0 aliphatic carbocycles. The highest BCUT2D eigenvalue weighted by Crippen LogP contribution is 2.23. The van der Waals surface area contributed by atoms with E-state index < -0.39 is 0 Å². The Kier molecular flexibility index (Phi) is 6.53. The Hall–Kier alpha value is -0.570. The minimum absolute atomic E-state index is 0.380. The van der Waals surface area contributed by atoms with Gasteiger partial charge in [0, 0.05) is 17.1 Å². The van der Waals surface area contributed by atoms with E-state index in [1.807, 2.05) is 12.1 Å². The maximum Gasteiger partial charge on any atom is 0.0406 e. The number of hydrogen-bond donors (Lipinski definition) is 1. The Bertz CT molecular complexity index is 410. The number of nitrogens with one attached hydrogen (secondary N) is 1. The molecule has 1 fully saturated rings. The molecule has 2 nitrogen and oxygen atoms in total. The van der Waals surface area contributed by atoms with Crippen LogP contribution in [0.4, 0.5) is 0 Å². The molecule has 0 bridgehead atoms. The zero-order chi connectivity index (χ0) is 15.2. The van der Waals surface area contributed by atoms with Gasteiger partial charge in [-0.2, -0.15) is 0 Å². The lowest BCUT2D eigenvalue weighted by molar-refractivity contribution is 0.159. The molecule has 1 aliphatic heterocycles. The lowest BCUT2D eigenvalue weighted by Gasteiger charge is -2.36. The van der Waals surface area contributed by atoms with Gasteiger partial charge in [-0.15, -0.1) is 0 Å². The van der Waals surface area contributed by atoms with Gasteiger partial charge >= 0.3 is 0 Å². The lowest BCUT2D eigenvalue weighted by Crippen LogP contribution is -2.42. The molecule has 1 saturated heterocycles. The fraction of sp³-hybridized carbons (Fsp3) is 0.667. The van der Waals surface area contributed by atoms with Crippen molar-refractivity contribution in [3.05, 3.63) is 34.9 Å². The number of benzene rings is 1. The van der Waals surface area contributed by atoms with Crippen molar-refractivity contribution in [1.82, 2.24) is 10.2 Å². The molecule has 1 aromatic rings. The molecule has 1 N–H and O–H groups in total. The largest absolute Gasteiger partial charge is 0.307 e. The molecule has 1 aliphatic rings. The predicted molar refractivity (Wildman–Crippen MR) is 91.9 cm³/mol. The molecular formula is C18H29ClN2. The van der Waals surface area contributed by atoms with E-state index in [1.54, 1.807) is 0 Å². The predicted octanol–water partition coefficient (Wildman–Crippen LogP) is 4.50. The Morgan fingerprint density at radius 3 is 2.38 bits per heavy atom. The topological polar surface area (TPSA) is 15.3 Å². The molecule has 0 radical (unpaired) electrons. The first-order chi connectivity index (χ1) is 10.1. The average molecular weight is 309 g/mol. The van der Waals surface area contributed by atoms with E-state index in [-0.39, 0.29) is 0 Å². The van der Waals surface area contributed by atoms with Crippen molar-refractivity contribution >= 4 is 11.6 Å². The van der Waals surface area contributed by atoms with Crippen LogP contribution in [0, 0.1) is 5.92 Å². The van der Waals surface area contributed by atoms with Crippen molar-refractivity contribution in [1.29, 1.82) is 0 Å². The van der Waals surface area contributed by atoms with Crippen LogP contribution in [0.5, 0.6) is 0 Å². The molecule has 2 rings (SSSR count). The zero-order valence-electron chi connectivity index (χ0n) is 13.6. The Balaban J connectivity index is 1.81. The first-order valence-corrected chi connectivity index (χ1v) is 8.71. The third-order valence-corrected chi connectivity index (χ3v) is 5.01. The highest BCUT2D eigenvalue weighted by Gasteiger charge is 2.24. The second kappa shape index (κ2) is 8.17. The molecule has 1 unspecified atom stereocenters. The maximum atomic E-state index is 5.96. The SMILES string of the molecule is CCCN1CCC(C(C)N[C@H](C)c2ccc(Cl)cc2)CC1. The standard InChI is InChI=1S/C18H29ClN2/c1-4-11-21-12-9-17(10-13-21)15(3)20-14(2)16-5-7-18(19)8-6-16/h5-8,14-15,17,20H,4,9-13H2,1-3H3/t14-,15?/m1/s1. The van der Waals surface area contributed by atoms with Crippen molar-refractivity contribution < 1.29 is 0 Å². The smallest absolute Gasteiger partial charge is 0.0406 e. The minimum atomic E-state index is 0.380. The zero-order valence-corrected chi connectivity index (χ0v) is 14.4. The van der Waals surface area contributed by atoms with Crippen LogP contribution in [-0.2, 0) is 0 Å². The molecule has 21 heavy (non-hydrogen) atoms. The Morgan fingerprint density at radius 1 is 1.19 bits per heavy atom. The van der Waals surface area contributed by atoms with Crippen LogP contribution in [0.1, 0.15) is 51.6 Å². The third kappa shape index (κ3) is 4.98. The molecule has 0 amide bonds. The highest BCUT2D eigenvalue weighted by molar-refractivity contribution is 6.30. The number of likely N-dealkylation sites (tertiary alicyclic amines) is 1.